The number of halogens is 1. The van der Waals surface area contributed by atoms with Gasteiger partial charge in [0.25, 0.3) is 5.91 Å². The molecule has 0 fully saturated rings. The number of benzene rings is 2. The Kier molecular flexibility index (Phi) is 6.05. The topological polar surface area (TPSA) is 95.1 Å². The number of carbonyl (C=O) groups is 2. The molecule has 0 aliphatic carbocycles. The van der Waals surface area contributed by atoms with Gasteiger partial charge in [0.1, 0.15) is 11.6 Å². The predicted octanol–water partition coefficient (Wildman–Crippen LogP) is 4.99. The van der Waals surface area contributed by atoms with E-state index >= 15 is 0 Å². The van der Waals surface area contributed by atoms with Crippen LogP contribution in [-0.4, -0.2) is 21.6 Å². The van der Waals surface area contributed by atoms with Gasteiger partial charge in [-0.3, -0.25) is 4.79 Å². The van der Waals surface area contributed by atoms with Crippen LogP contribution in [0, 0.1) is 25.2 Å². The summed E-state index contributed by atoms with van der Waals surface area (Å²) in [6.45, 7) is 3.79. The molecule has 0 aliphatic rings. The van der Waals surface area contributed by atoms with E-state index in [4.69, 9.17) is 16.7 Å². The molecule has 0 radical (unpaired) electrons. The normalized spacial score (nSPS) is 11.1. The summed E-state index contributed by atoms with van der Waals surface area (Å²) in [5.74, 6) is -1.73. The molecule has 3 rings (SSSR count). The first-order valence-corrected chi connectivity index (χ1v) is 9.40. The number of anilines is 1. The van der Waals surface area contributed by atoms with Crippen molar-refractivity contribution in [3.8, 4) is 11.8 Å². The number of carboxylic acids is 1. The Morgan fingerprint density at radius 1 is 1.13 bits per heavy atom. The van der Waals surface area contributed by atoms with E-state index in [1.807, 2.05) is 48.7 Å². The summed E-state index contributed by atoms with van der Waals surface area (Å²) in [6, 6.07) is 17.0. The molecular weight excluding hydrogens is 402 g/mol. The fourth-order valence-corrected chi connectivity index (χ4v) is 3.39. The summed E-state index contributed by atoms with van der Waals surface area (Å²) >= 11 is 6.33. The number of rotatable bonds is 5. The van der Waals surface area contributed by atoms with Gasteiger partial charge in [0.05, 0.1) is 16.3 Å². The number of nitrogens with zero attached hydrogens (tertiary/aromatic N) is 2. The number of aromatic nitrogens is 1. The number of nitriles is 1. The van der Waals surface area contributed by atoms with E-state index in [0.29, 0.717) is 16.3 Å². The summed E-state index contributed by atoms with van der Waals surface area (Å²) in [4.78, 5) is 23.7. The Hall–Kier alpha value is -3.82. The summed E-state index contributed by atoms with van der Waals surface area (Å²) in [5, 5.41) is 21.7. The third-order valence-corrected chi connectivity index (χ3v) is 4.92. The van der Waals surface area contributed by atoms with Crippen LogP contribution in [0.3, 0.4) is 0 Å². The van der Waals surface area contributed by atoms with Crippen LogP contribution in [0.5, 0.6) is 0 Å². The summed E-state index contributed by atoms with van der Waals surface area (Å²) < 4.78 is 1.96. The van der Waals surface area contributed by atoms with Gasteiger partial charge in [0.2, 0.25) is 0 Å². The van der Waals surface area contributed by atoms with Crippen molar-refractivity contribution in [1.29, 1.82) is 5.26 Å². The zero-order valence-corrected chi connectivity index (χ0v) is 17.1. The predicted molar refractivity (Wildman–Crippen MR) is 116 cm³/mol. The maximum absolute atomic E-state index is 12.6. The average Bonchev–Trinajstić information content (AvgIpc) is 2.99. The summed E-state index contributed by atoms with van der Waals surface area (Å²) in [7, 11) is 0. The van der Waals surface area contributed by atoms with Crippen LogP contribution in [0.2, 0.25) is 5.02 Å². The summed E-state index contributed by atoms with van der Waals surface area (Å²) in [5.41, 5.74) is 3.48. The van der Waals surface area contributed by atoms with E-state index in [0.717, 1.165) is 17.1 Å². The zero-order valence-electron chi connectivity index (χ0n) is 16.3. The zero-order chi connectivity index (χ0) is 21.8. The second-order valence-electron chi connectivity index (χ2n) is 6.62. The number of nitrogens with one attached hydrogen (secondary N) is 1. The molecule has 0 bridgehead atoms. The second kappa shape index (κ2) is 8.68. The number of hydrogen-bond acceptors (Lipinski definition) is 3. The highest BCUT2D eigenvalue weighted by Crippen LogP contribution is 2.27. The highest BCUT2D eigenvalue weighted by molar-refractivity contribution is 6.32. The fourth-order valence-electron chi connectivity index (χ4n) is 3.17. The molecule has 0 spiro atoms. The highest BCUT2D eigenvalue weighted by atomic mass is 35.5. The molecule has 150 valence electrons. The quantitative estimate of drug-likeness (QED) is 0.449. The number of carbonyl (C=O) groups excluding carboxylic acids is 1. The van der Waals surface area contributed by atoms with Crippen molar-refractivity contribution in [2.75, 3.05) is 5.32 Å². The first-order chi connectivity index (χ1) is 14.3. The van der Waals surface area contributed by atoms with Gasteiger partial charge in [-0.2, -0.15) is 5.26 Å². The molecule has 0 saturated carbocycles. The molecule has 3 aromatic rings. The van der Waals surface area contributed by atoms with Crippen LogP contribution in [0.25, 0.3) is 11.8 Å². The third-order valence-electron chi connectivity index (χ3n) is 4.60. The minimum absolute atomic E-state index is 0.0403. The molecule has 2 aromatic carbocycles. The van der Waals surface area contributed by atoms with Crippen LogP contribution >= 0.6 is 11.6 Å². The third kappa shape index (κ3) is 4.27. The highest BCUT2D eigenvalue weighted by Gasteiger charge is 2.15. The monoisotopic (exact) mass is 419 g/mol. The smallest absolute Gasteiger partial charge is 0.335 e. The van der Waals surface area contributed by atoms with E-state index in [1.165, 1.54) is 24.3 Å². The molecule has 6 nitrogen and oxygen atoms in total. The molecule has 0 aliphatic heterocycles. The molecule has 2 N–H and O–H groups in total. The molecule has 0 unspecified atom stereocenters. The Morgan fingerprint density at radius 3 is 2.53 bits per heavy atom. The van der Waals surface area contributed by atoms with E-state index in [2.05, 4.69) is 5.32 Å². The Bertz CT molecular complexity index is 1220. The minimum Gasteiger partial charge on any atom is -0.478 e. The minimum atomic E-state index is -1.10. The van der Waals surface area contributed by atoms with Crippen molar-refractivity contribution in [3.05, 3.63) is 87.7 Å². The van der Waals surface area contributed by atoms with Gasteiger partial charge in [-0.15, -0.1) is 0 Å². The first-order valence-electron chi connectivity index (χ1n) is 9.02. The molecular formula is C23H18ClN3O3. The SMILES string of the molecule is Cc1cc(/C=C(/C#N)C(=O)Nc2cccc(C(=O)O)c2)c(C)n1-c1ccccc1Cl. The number of carboxylic acid groups (broad SMARTS) is 1. The van der Waals surface area contributed by atoms with Crippen molar-refractivity contribution in [3.63, 3.8) is 0 Å². The second-order valence-corrected chi connectivity index (χ2v) is 7.03. The molecule has 0 atom stereocenters. The van der Waals surface area contributed by atoms with Crippen LogP contribution < -0.4 is 5.32 Å². The molecule has 30 heavy (non-hydrogen) atoms. The van der Waals surface area contributed by atoms with E-state index in [9.17, 15) is 14.9 Å². The standard InChI is InChI=1S/C23H18ClN3O3/c1-14-10-17(15(2)27(14)21-9-4-3-8-20(21)24)11-18(13-25)22(28)26-19-7-5-6-16(12-19)23(29)30/h3-12H,1-2H3,(H,26,28)(H,29,30)/b18-11-. The Morgan fingerprint density at radius 2 is 1.87 bits per heavy atom. The Labute approximate surface area is 178 Å². The lowest BCUT2D eigenvalue weighted by Crippen LogP contribution is -2.14. The average molecular weight is 420 g/mol. The van der Waals surface area contributed by atoms with Gasteiger partial charge in [-0.05, 0) is 61.9 Å². The van der Waals surface area contributed by atoms with Crippen LogP contribution in [0.1, 0.15) is 27.3 Å². The number of amides is 1. The molecule has 1 heterocycles. The van der Waals surface area contributed by atoms with Gasteiger partial charge >= 0.3 is 5.97 Å². The van der Waals surface area contributed by atoms with Crippen molar-refractivity contribution in [1.82, 2.24) is 4.57 Å². The maximum atomic E-state index is 12.6. The molecule has 0 saturated heterocycles. The molecule has 7 heteroatoms. The lowest BCUT2D eigenvalue weighted by molar-refractivity contribution is -0.112. The van der Waals surface area contributed by atoms with Crippen LogP contribution in [0.15, 0.2) is 60.2 Å². The molecule has 1 aromatic heterocycles. The van der Waals surface area contributed by atoms with Crippen LogP contribution in [-0.2, 0) is 4.79 Å². The van der Waals surface area contributed by atoms with Gasteiger partial charge in [0.15, 0.2) is 0 Å². The van der Waals surface area contributed by atoms with Crippen LogP contribution in [0.4, 0.5) is 5.69 Å². The number of aromatic carboxylic acids is 1. The maximum Gasteiger partial charge on any atom is 0.335 e. The van der Waals surface area contributed by atoms with Gasteiger partial charge in [-0.1, -0.05) is 29.8 Å². The van der Waals surface area contributed by atoms with Crippen molar-refractivity contribution in [2.24, 2.45) is 0 Å². The number of aryl methyl sites for hydroxylation is 1. The lowest BCUT2D eigenvalue weighted by Gasteiger charge is -2.11. The van der Waals surface area contributed by atoms with Gasteiger partial charge < -0.3 is 15.0 Å². The van der Waals surface area contributed by atoms with Gasteiger partial charge in [-0.25, -0.2) is 4.79 Å². The van der Waals surface area contributed by atoms with E-state index < -0.39 is 11.9 Å². The van der Waals surface area contributed by atoms with Crippen molar-refractivity contribution < 1.29 is 14.7 Å². The van der Waals surface area contributed by atoms with Crippen molar-refractivity contribution in [2.45, 2.75) is 13.8 Å². The fraction of sp³-hybridized carbons (Fsp3) is 0.0870. The number of hydrogen-bond donors (Lipinski definition) is 2. The largest absolute Gasteiger partial charge is 0.478 e. The van der Waals surface area contributed by atoms with E-state index in [1.54, 1.807) is 12.1 Å². The van der Waals surface area contributed by atoms with Gasteiger partial charge in [0, 0.05) is 17.1 Å². The van der Waals surface area contributed by atoms with E-state index in [-0.39, 0.29) is 11.1 Å². The summed E-state index contributed by atoms with van der Waals surface area (Å²) in [6.07, 6.45) is 1.51. The first kappa shape index (κ1) is 20.9. The molecule has 1 amide bonds. The number of para-hydroxylation sites is 1. The Balaban J connectivity index is 1.93. The van der Waals surface area contributed by atoms with Crippen molar-refractivity contribution >= 4 is 35.2 Å². The lowest BCUT2D eigenvalue weighted by atomic mass is 10.1.